The molecule has 4 heterocycles. The van der Waals surface area contributed by atoms with Crippen molar-refractivity contribution in [1.82, 2.24) is 24.3 Å². The largest absolute Gasteiger partial charge is 0.364 e. The molecule has 1 unspecified atom stereocenters. The van der Waals surface area contributed by atoms with Gasteiger partial charge in [0.25, 0.3) is 5.56 Å². The van der Waals surface area contributed by atoms with E-state index in [0.29, 0.717) is 18.7 Å². The van der Waals surface area contributed by atoms with Gasteiger partial charge in [-0.1, -0.05) is 41.9 Å². The Morgan fingerprint density at radius 3 is 2.70 bits per heavy atom. The van der Waals surface area contributed by atoms with E-state index >= 15 is 0 Å². The highest BCUT2D eigenvalue weighted by atomic mass is 35.5. The van der Waals surface area contributed by atoms with Gasteiger partial charge in [-0.25, -0.2) is 9.97 Å². The molecule has 0 radical (unpaired) electrons. The van der Waals surface area contributed by atoms with E-state index in [9.17, 15) is 4.79 Å². The number of anilines is 1. The summed E-state index contributed by atoms with van der Waals surface area (Å²) in [4.78, 5) is 21.9. The van der Waals surface area contributed by atoms with E-state index < -0.39 is 0 Å². The predicted molar refractivity (Wildman–Crippen MR) is 132 cm³/mol. The van der Waals surface area contributed by atoms with Crippen LogP contribution in [-0.2, 0) is 13.1 Å². The number of rotatable bonds is 7. The third-order valence-corrected chi connectivity index (χ3v) is 6.73. The molecule has 0 aliphatic heterocycles. The Labute approximate surface area is 199 Å². The molecule has 0 aliphatic rings. The molecule has 0 aliphatic carbocycles. The van der Waals surface area contributed by atoms with Gasteiger partial charge in [-0.3, -0.25) is 9.48 Å². The highest BCUT2D eigenvalue weighted by molar-refractivity contribution is 7.16. The van der Waals surface area contributed by atoms with Gasteiger partial charge in [-0.15, -0.1) is 11.3 Å². The fourth-order valence-corrected chi connectivity index (χ4v) is 4.76. The third kappa shape index (κ3) is 4.67. The van der Waals surface area contributed by atoms with Crippen molar-refractivity contribution in [3.05, 3.63) is 104 Å². The van der Waals surface area contributed by atoms with Crippen LogP contribution in [0.4, 0.5) is 5.82 Å². The van der Waals surface area contributed by atoms with Crippen molar-refractivity contribution in [2.75, 3.05) is 5.32 Å². The van der Waals surface area contributed by atoms with Gasteiger partial charge >= 0.3 is 0 Å². The number of pyridine rings is 1. The van der Waals surface area contributed by atoms with Gasteiger partial charge in [-0.2, -0.15) is 5.10 Å². The SMILES string of the molecule is CC(c1ccc(Cn2cc3c(NCc4ccc(Cl)s4)ncnc3n2)cc1)n1ccccc1=O. The van der Waals surface area contributed by atoms with Crippen molar-refractivity contribution in [3.63, 3.8) is 0 Å². The predicted octanol–water partition coefficient (Wildman–Crippen LogP) is 4.97. The smallest absolute Gasteiger partial charge is 0.251 e. The van der Waals surface area contributed by atoms with Crippen molar-refractivity contribution in [2.24, 2.45) is 0 Å². The van der Waals surface area contributed by atoms with Crippen molar-refractivity contribution in [3.8, 4) is 0 Å². The number of hydrogen-bond donors (Lipinski definition) is 1. The summed E-state index contributed by atoms with van der Waals surface area (Å²) >= 11 is 7.56. The van der Waals surface area contributed by atoms with Gasteiger partial charge in [0.1, 0.15) is 12.1 Å². The van der Waals surface area contributed by atoms with Gasteiger partial charge < -0.3 is 9.88 Å². The van der Waals surface area contributed by atoms with Crippen LogP contribution in [0.5, 0.6) is 0 Å². The molecule has 0 saturated heterocycles. The Bertz CT molecular complexity index is 1460. The summed E-state index contributed by atoms with van der Waals surface area (Å²) < 4.78 is 4.36. The quantitative estimate of drug-likeness (QED) is 0.358. The van der Waals surface area contributed by atoms with Crippen molar-refractivity contribution >= 4 is 39.8 Å². The third-order valence-electron chi connectivity index (χ3n) is 5.50. The van der Waals surface area contributed by atoms with Crippen LogP contribution in [0.3, 0.4) is 0 Å². The minimum atomic E-state index is -0.0397. The molecule has 0 saturated carbocycles. The molecule has 5 aromatic rings. The summed E-state index contributed by atoms with van der Waals surface area (Å²) in [6.07, 6.45) is 5.29. The zero-order valence-electron chi connectivity index (χ0n) is 17.9. The first-order valence-corrected chi connectivity index (χ1v) is 11.7. The maximum atomic E-state index is 12.1. The minimum Gasteiger partial charge on any atom is -0.364 e. The van der Waals surface area contributed by atoms with Crippen LogP contribution in [0.25, 0.3) is 11.0 Å². The number of thiophene rings is 1. The van der Waals surface area contributed by atoms with Gasteiger partial charge in [-0.05, 0) is 36.2 Å². The maximum Gasteiger partial charge on any atom is 0.251 e. The number of halogens is 1. The second-order valence-electron chi connectivity index (χ2n) is 7.71. The maximum absolute atomic E-state index is 12.1. The summed E-state index contributed by atoms with van der Waals surface area (Å²) in [5.74, 6) is 0.744. The fourth-order valence-electron chi connectivity index (χ4n) is 3.73. The van der Waals surface area contributed by atoms with E-state index in [2.05, 4.69) is 44.6 Å². The Morgan fingerprint density at radius 2 is 1.94 bits per heavy atom. The standard InChI is InChI=1S/C24H21ClN6OS/c1-16(31-11-3-2-4-22(31)32)18-7-5-17(6-8-18)13-30-14-20-23(27-15-28-24(20)29-30)26-12-19-9-10-21(25)33-19/h2-11,14-16H,12-13H2,1H3,(H,26,27,28,29). The topological polar surface area (TPSA) is 77.6 Å². The monoisotopic (exact) mass is 476 g/mol. The molecule has 7 nitrogen and oxygen atoms in total. The highest BCUT2D eigenvalue weighted by Gasteiger charge is 2.11. The first kappa shape index (κ1) is 21.4. The molecule has 33 heavy (non-hydrogen) atoms. The molecule has 4 aromatic heterocycles. The molecule has 0 bridgehead atoms. The van der Waals surface area contributed by atoms with Gasteiger partial charge in [0.05, 0.1) is 28.9 Å². The van der Waals surface area contributed by atoms with Crippen LogP contribution in [-0.4, -0.2) is 24.3 Å². The lowest BCUT2D eigenvalue weighted by Gasteiger charge is -2.15. The van der Waals surface area contributed by atoms with Crippen molar-refractivity contribution in [1.29, 1.82) is 0 Å². The summed E-state index contributed by atoms with van der Waals surface area (Å²) in [5.41, 5.74) is 2.81. The summed E-state index contributed by atoms with van der Waals surface area (Å²) in [5, 5.41) is 8.83. The van der Waals surface area contributed by atoms with Gasteiger partial charge in [0.15, 0.2) is 5.65 Å². The second kappa shape index (κ2) is 9.17. The summed E-state index contributed by atoms with van der Waals surface area (Å²) in [6, 6.07) is 17.3. The van der Waals surface area contributed by atoms with E-state index in [1.807, 2.05) is 42.2 Å². The number of aromatic nitrogens is 5. The molecule has 0 spiro atoms. The average Bonchev–Trinajstić information content (AvgIpc) is 3.43. The van der Waals surface area contributed by atoms with E-state index in [1.54, 1.807) is 28.0 Å². The van der Waals surface area contributed by atoms with Crippen LogP contribution >= 0.6 is 22.9 Å². The van der Waals surface area contributed by atoms with Crippen LogP contribution in [0.15, 0.2) is 78.1 Å². The lowest BCUT2D eigenvalue weighted by atomic mass is 10.1. The normalized spacial score (nSPS) is 12.2. The number of benzene rings is 1. The summed E-state index contributed by atoms with van der Waals surface area (Å²) in [6.45, 7) is 3.27. The van der Waals surface area contributed by atoms with E-state index in [1.165, 1.54) is 6.33 Å². The lowest BCUT2D eigenvalue weighted by molar-refractivity contribution is 0.614. The average molecular weight is 477 g/mol. The van der Waals surface area contributed by atoms with Crippen LogP contribution in [0, 0.1) is 0 Å². The van der Waals surface area contributed by atoms with E-state index in [-0.39, 0.29) is 11.6 Å². The molecule has 9 heteroatoms. The zero-order chi connectivity index (χ0) is 22.8. The highest BCUT2D eigenvalue weighted by Crippen LogP contribution is 2.24. The Hall–Kier alpha value is -3.49. The molecule has 1 aromatic carbocycles. The molecule has 5 rings (SSSR count). The summed E-state index contributed by atoms with van der Waals surface area (Å²) in [7, 11) is 0. The van der Waals surface area contributed by atoms with Gasteiger partial charge in [0, 0.05) is 23.3 Å². The van der Waals surface area contributed by atoms with Crippen molar-refractivity contribution in [2.45, 2.75) is 26.1 Å². The molecule has 1 atom stereocenters. The molecule has 1 N–H and O–H groups in total. The minimum absolute atomic E-state index is 0.00925. The molecular weight excluding hydrogens is 456 g/mol. The van der Waals surface area contributed by atoms with E-state index in [4.69, 9.17) is 11.6 Å². The first-order chi connectivity index (χ1) is 16.1. The Balaban J connectivity index is 1.32. The van der Waals surface area contributed by atoms with Gasteiger partial charge in [0.2, 0.25) is 0 Å². The van der Waals surface area contributed by atoms with Crippen molar-refractivity contribution < 1.29 is 0 Å². The molecule has 0 amide bonds. The number of hydrogen-bond acceptors (Lipinski definition) is 6. The number of nitrogens with one attached hydrogen (secondary N) is 1. The fraction of sp³-hybridized carbons (Fsp3) is 0.167. The lowest BCUT2D eigenvalue weighted by Crippen LogP contribution is -2.22. The molecule has 166 valence electrons. The van der Waals surface area contributed by atoms with Crippen LogP contribution < -0.4 is 10.9 Å². The van der Waals surface area contributed by atoms with Crippen LogP contribution in [0.2, 0.25) is 4.34 Å². The number of nitrogens with zero attached hydrogens (tertiary/aromatic N) is 5. The van der Waals surface area contributed by atoms with Crippen LogP contribution in [0.1, 0.15) is 29.0 Å². The second-order valence-corrected chi connectivity index (χ2v) is 9.51. The zero-order valence-corrected chi connectivity index (χ0v) is 19.4. The van der Waals surface area contributed by atoms with E-state index in [0.717, 1.165) is 31.5 Å². The number of fused-ring (bicyclic) bond motifs is 1. The Kier molecular flexibility index (Phi) is 5.93. The molecular formula is C24H21ClN6OS. The Morgan fingerprint density at radius 1 is 1.09 bits per heavy atom. The molecule has 0 fully saturated rings. The first-order valence-electron chi connectivity index (χ1n) is 10.5.